The van der Waals surface area contributed by atoms with E-state index in [1.807, 2.05) is 35.9 Å². The molecule has 0 saturated heterocycles. The largest absolute Gasteiger partial charge is 0.496 e. The van der Waals surface area contributed by atoms with E-state index in [4.69, 9.17) is 9.47 Å². The van der Waals surface area contributed by atoms with E-state index in [0.717, 1.165) is 34.6 Å². The molecule has 0 aliphatic carbocycles. The lowest BCUT2D eigenvalue weighted by molar-refractivity contribution is 0.213. The number of aliphatic hydroxyl groups excluding tert-OH is 1. The monoisotopic (exact) mass is 276 g/mol. The van der Waals surface area contributed by atoms with E-state index in [0.29, 0.717) is 0 Å². The van der Waals surface area contributed by atoms with Crippen LogP contribution in [0.3, 0.4) is 0 Å². The maximum atomic E-state index is 10.5. The number of benzene rings is 1. The molecule has 2 heterocycles. The lowest BCUT2D eigenvalue weighted by atomic mass is 10.00. The van der Waals surface area contributed by atoms with Crippen LogP contribution in [0.5, 0.6) is 11.5 Å². The number of aliphatic hydroxyl groups is 1. The predicted molar refractivity (Wildman–Crippen MR) is 75.2 cm³/mol. The maximum Gasteiger partial charge on any atom is 0.125 e. The molecular weight excluding hydrogens is 260 g/mol. The second-order valence-electron chi connectivity index (χ2n) is 4.79. The van der Waals surface area contributed by atoms with Gasteiger partial charge in [0.2, 0.25) is 0 Å². The van der Waals surface area contributed by atoms with Gasteiger partial charge >= 0.3 is 0 Å². The maximum absolute atomic E-state index is 10.5. The number of thiophene rings is 1. The first kappa shape index (κ1) is 12.5. The Balaban J connectivity index is 2.04. The van der Waals surface area contributed by atoms with E-state index >= 15 is 0 Å². The summed E-state index contributed by atoms with van der Waals surface area (Å²) in [6.45, 7) is 2.04. The summed E-state index contributed by atoms with van der Waals surface area (Å²) in [5.41, 5.74) is 2.79. The van der Waals surface area contributed by atoms with Crippen molar-refractivity contribution in [3.05, 3.63) is 45.6 Å². The zero-order valence-electron chi connectivity index (χ0n) is 10.9. The summed E-state index contributed by atoms with van der Waals surface area (Å²) in [7, 11) is 1.63. The molecule has 3 rings (SSSR count). The smallest absolute Gasteiger partial charge is 0.125 e. The van der Waals surface area contributed by atoms with Gasteiger partial charge in [-0.25, -0.2) is 0 Å². The molecule has 2 unspecified atom stereocenters. The quantitative estimate of drug-likeness (QED) is 0.936. The highest BCUT2D eigenvalue weighted by atomic mass is 32.1. The molecular formula is C15H16O3S. The third kappa shape index (κ3) is 2.22. The second-order valence-corrected chi connectivity index (χ2v) is 5.57. The van der Waals surface area contributed by atoms with Crippen LogP contribution < -0.4 is 9.47 Å². The van der Waals surface area contributed by atoms with E-state index in [1.165, 1.54) is 0 Å². The lowest BCUT2D eigenvalue weighted by Crippen LogP contribution is -2.05. The van der Waals surface area contributed by atoms with Crippen LogP contribution in [-0.4, -0.2) is 18.3 Å². The molecule has 1 N–H and O–H groups in total. The van der Waals surface area contributed by atoms with Crippen molar-refractivity contribution in [3.63, 3.8) is 0 Å². The van der Waals surface area contributed by atoms with Crippen LogP contribution in [0.1, 0.15) is 29.7 Å². The van der Waals surface area contributed by atoms with Crippen LogP contribution in [0.15, 0.2) is 29.0 Å². The van der Waals surface area contributed by atoms with Gasteiger partial charge in [-0.15, -0.1) is 0 Å². The fourth-order valence-corrected chi connectivity index (χ4v) is 3.13. The minimum atomic E-state index is -0.675. The van der Waals surface area contributed by atoms with Gasteiger partial charge < -0.3 is 14.6 Å². The Morgan fingerprint density at radius 3 is 3.00 bits per heavy atom. The highest BCUT2D eigenvalue weighted by molar-refractivity contribution is 7.07. The van der Waals surface area contributed by atoms with Crippen LogP contribution >= 0.6 is 11.3 Å². The first-order valence-electron chi connectivity index (χ1n) is 6.26. The molecule has 1 aromatic heterocycles. The summed E-state index contributed by atoms with van der Waals surface area (Å²) >= 11 is 1.57. The number of hydrogen-bond acceptors (Lipinski definition) is 4. The van der Waals surface area contributed by atoms with Gasteiger partial charge in [0.05, 0.1) is 7.11 Å². The number of hydrogen-bond donors (Lipinski definition) is 1. The summed E-state index contributed by atoms with van der Waals surface area (Å²) < 4.78 is 11.2. The zero-order chi connectivity index (χ0) is 13.4. The Bertz CT molecular complexity index is 577. The minimum absolute atomic E-state index is 0.188. The van der Waals surface area contributed by atoms with Gasteiger partial charge in [-0.1, -0.05) is 0 Å². The summed E-state index contributed by atoms with van der Waals surface area (Å²) in [6.07, 6.45) is 0.403. The standard InChI is InChI=1S/C15H16O3S/c1-9-5-11-6-14(17-2)12(7-13(11)18-9)15(16)10-3-4-19-8-10/h3-4,6-9,15-16H,5H2,1-2H3. The van der Waals surface area contributed by atoms with Crippen molar-refractivity contribution in [2.45, 2.75) is 25.6 Å². The third-order valence-corrected chi connectivity index (χ3v) is 4.10. The van der Waals surface area contributed by atoms with Gasteiger partial charge in [-0.2, -0.15) is 11.3 Å². The zero-order valence-corrected chi connectivity index (χ0v) is 11.7. The van der Waals surface area contributed by atoms with Gasteiger partial charge in [0, 0.05) is 17.5 Å². The average molecular weight is 276 g/mol. The molecule has 0 bridgehead atoms. The SMILES string of the molecule is COc1cc2c(cc1C(O)c1ccsc1)OC(C)C2. The summed E-state index contributed by atoms with van der Waals surface area (Å²) in [5.74, 6) is 1.58. The van der Waals surface area contributed by atoms with Crippen molar-refractivity contribution >= 4 is 11.3 Å². The van der Waals surface area contributed by atoms with Crippen LogP contribution in [0.4, 0.5) is 0 Å². The average Bonchev–Trinajstić information content (AvgIpc) is 3.03. The first-order valence-corrected chi connectivity index (χ1v) is 7.21. The molecule has 0 amide bonds. The highest BCUT2D eigenvalue weighted by Crippen LogP contribution is 2.39. The Kier molecular flexibility index (Phi) is 3.21. The molecule has 0 radical (unpaired) electrons. The Labute approximate surface area is 116 Å². The number of rotatable bonds is 3. The number of fused-ring (bicyclic) bond motifs is 1. The molecule has 100 valence electrons. The van der Waals surface area contributed by atoms with Crippen molar-refractivity contribution < 1.29 is 14.6 Å². The minimum Gasteiger partial charge on any atom is -0.496 e. The van der Waals surface area contributed by atoms with Crippen molar-refractivity contribution in [3.8, 4) is 11.5 Å². The third-order valence-electron chi connectivity index (χ3n) is 3.40. The van der Waals surface area contributed by atoms with E-state index in [9.17, 15) is 5.11 Å². The summed E-state index contributed by atoms with van der Waals surface area (Å²) in [5, 5.41) is 14.4. The van der Waals surface area contributed by atoms with E-state index in [2.05, 4.69) is 0 Å². The highest BCUT2D eigenvalue weighted by Gasteiger charge is 2.24. The normalized spacial score (nSPS) is 18.8. The molecule has 3 nitrogen and oxygen atoms in total. The van der Waals surface area contributed by atoms with Gasteiger partial charge in [-0.3, -0.25) is 0 Å². The Hall–Kier alpha value is -1.52. The van der Waals surface area contributed by atoms with Crippen LogP contribution in [0.25, 0.3) is 0 Å². The summed E-state index contributed by atoms with van der Waals surface area (Å²) in [4.78, 5) is 0. The van der Waals surface area contributed by atoms with Gasteiger partial charge in [-0.05, 0) is 41.4 Å². The number of ether oxygens (including phenoxy) is 2. The lowest BCUT2D eigenvalue weighted by Gasteiger charge is -2.15. The molecule has 1 aromatic carbocycles. The first-order chi connectivity index (χ1) is 9.19. The van der Waals surface area contributed by atoms with Crippen molar-refractivity contribution in [1.29, 1.82) is 0 Å². The molecule has 0 saturated carbocycles. The molecule has 0 fully saturated rings. The fraction of sp³-hybridized carbons (Fsp3) is 0.333. The molecule has 19 heavy (non-hydrogen) atoms. The molecule has 4 heteroatoms. The predicted octanol–water partition coefficient (Wildman–Crippen LogP) is 3.16. The molecule has 1 aliphatic heterocycles. The van der Waals surface area contributed by atoms with Gasteiger partial charge in [0.15, 0.2) is 0 Å². The van der Waals surface area contributed by atoms with Gasteiger partial charge in [0.1, 0.15) is 23.7 Å². The molecule has 0 spiro atoms. The van der Waals surface area contributed by atoms with Crippen molar-refractivity contribution in [1.82, 2.24) is 0 Å². The Morgan fingerprint density at radius 1 is 1.47 bits per heavy atom. The van der Waals surface area contributed by atoms with E-state index < -0.39 is 6.10 Å². The molecule has 1 aliphatic rings. The van der Waals surface area contributed by atoms with Crippen molar-refractivity contribution in [2.75, 3.05) is 7.11 Å². The van der Waals surface area contributed by atoms with Crippen LogP contribution in [-0.2, 0) is 6.42 Å². The fourth-order valence-electron chi connectivity index (χ4n) is 2.46. The topological polar surface area (TPSA) is 38.7 Å². The van der Waals surface area contributed by atoms with Crippen LogP contribution in [0.2, 0.25) is 0 Å². The number of methoxy groups -OCH3 is 1. The van der Waals surface area contributed by atoms with E-state index in [-0.39, 0.29) is 6.10 Å². The second kappa shape index (κ2) is 4.87. The van der Waals surface area contributed by atoms with E-state index in [1.54, 1.807) is 18.4 Å². The summed E-state index contributed by atoms with van der Waals surface area (Å²) in [6, 6.07) is 5.80. The molecule has 2 atom stereocenters. The van der Waals surface area contributed by atoms with Crippen LogP contribution in [0, 0.1) is 0 Å². The Morgan fingerprint density at radius 2 is 2.32 bits per heavy atom. The molecule has 2 aromatic rings. The van der Waals surface area contributed by atoms with Crippen molar-refractivity contribution in [2.24, 2.45) is 0 Å². The van der Waals surface area contributed by atoms with Gasteiger partial charge in [0.25, 0.3) is 0 Å².